The van der Waals surface area contributed by atoms with Gasteiger partial charge in [0.15, 0.2) is 0 Å². The Balaban J connectivity index is 1.96. The van der Waals surface area contributed by atoms with E-state index in [1.54, 1.807) is 0 Å². The van der Waals surface area contributed by atoms with Crippen LogP contribution in [0.5, 0.6) is 0 Å². The third-order valence-corrected chi connectivity index (χ3v) is 7.03. The number of alkyl halides is 3. The first kappa shape index (κ1) is 17.3. The number of fused-ring (bicyclic) bond motifs is 3. The summed E-state index contributed by atoms with van der Waals surface area (Å²) in [4.78, 5) is 8.04. The molecule has 2 heterocycles. The Morgan fingerprint density at radius 2 is 1.57 bits per heavy atom. The maximum atomic E-state index is 15.4. The normalized spacial score (nSPS) is 12.3. The first-order chi connectivity index (χ1) is 13.4. The van der Waals surface area contributed by atoms with Crippen molar-refractivity contribution in [1.82, 2.24) is 9.97 Å². The Kier molecular flexibility index (Phi) is 3.79. The molecule has 3 aromatic carbocycles. The molecule has 0 aliphatic carbocycles. The summed E-state index contributed by atoms with van der Waals surface area (Å²) in [6.07, 6.45) is -3.59. The number of nitrogens with zero attached hydrogens (tertiary/aromatic N) is 2. The zero-order valence-corrected chi connectivity index (χ0v) is 15.8. The molecule has 7 heteroatoms. The topological polar surface area (TPSA) is 25.8 Å². The van der Waals surface area contributed by atoms with Gasteiger partial charge in [0.25, 0.3) is 0 Å². The van der Waals surface area contributed by atoms with Crippen molar-refractivity contribution in [1.29, 1.82) is 0 Å². The average Bonchev–Trinajstić information content (AvgIpc) is 3.11. The van der Waals surface area contributed by atoms with Crippen molar-refractivity contribution >= 4 is 45.8 Å². The molecule has 0 saturated heterocycles. The SMILES string of the molecule is Fc1c2ccccc2c(C(F)(F)F)c2ncnc(-c3cc4ccccc4[se]3)c12. The van der Waals surface area contributed by atoms with Gasteiger partial charge in [0.05, 0.1) is 0 Å². The fourth-order valence-corrected chi connectivity index (χ4v) is 5.75. The predicted octanol–water partition coefficient (Wildman–Crippen LogP) is 5.82. The fraction of sp³-hybridized carbons (Fsp3) is 0.0476. The first-order valence-electron chi connectivity index (χ1n) is 8.36. The van der Waals surface area contributed by atoms with E-state index in [0.717, 1.165) is 20.4 Å². The summed E-state index contributed by atoms with van der Waals surface area (Å²) in [5.41, 5.74) is -1.09. The van der Waals surface area contributed by atoms with Crippen molar-refractivity contribution in [2.24, 2.45) is 0 Å². The molecular formula is C21H10F4N2Se. The van der Waals surface area contributed by atoms with E-state index >= 15 is 4.39 Å². The summed E-state index contributed by atoms with van der Waals surface area (Å²) in [6.45, 7) is 0. The number of rotatable bonds is 1. The van der Waals surface area contributed by atoms with E-state index < -0.39 is 23.1 Å². The van der Waals surface area contributed by atoms with Gasteiger partial charge in [0.2, 0.25) is 0 Å². The van der Waals surface area contributed by atoms with Crippen LogP contribution in [0.2, 0.25) is 0 Å². The van der Waals surface area contributed by atoms with Crippen molar-refractivity contribution in [3.8, 4) is 10.1 Å². The van der Waals surface area contributed by atoms with Gasteiger partial charge in [0.1, 0.15) is 0 Å². The molecular weight excluding hydrogens is 435 g/mol. The zero-order chi connectivity index (χ0) is 19.5. The van der Waals surface area contributed by atoms with Gasteiger partial charge in [-0.2, -0.15) is 0 Å². The standard InChI is InChI=1S/C21H10F4N2Se/c22-18-13-7-3-2-6-12(13)17(21(23,24)25)20-16(18)19(26-10-27-20)15-9-11-5-1-4-8-14(11)28-15/h1-10H. The molecule has 0 atom stereocenters. The molecule has 0 amide bonds. The number of aromatic nitrogens is 2. The van der Waals surface area contributed by atoms with E-state index in [2.05, 4.69) is 9.97 Å². The van der Waals surface area contributed by atoms with Crippen molar-refractivity contribution in [2.45, 2.75) is 6.18 Å². The number of halogens is 4. The Morgan fingerprint density at radius 1 is 0.857 bits per heavy atom. The van der Waals surface area contributed by atoms with Crippen molar-refractivity contribution in [3.63, 3.8) is 0 Å². The summed E-state index contributed by atoms with van der Waals surface area (Å²) >= 11 is -0.172. The van der Waals surface area contributed by atoms with Gasteiger partial charge in [-0.1, -0.05) is 0 Å². The van der Waals surface area contributed by atoms with Gasteiger partial charge < -0.3 is 0 Å². The van der Waals surface area contributed by atoms with Crippen LogP contribution in [-0.2, 0) is 6.18 Å². The van der Waals surface area contributed by atoms with Gasteiger partial charge in [0, 0.05) is 0 Å². The van der Waals surface area contributed by atoms with Crippen LogP contribution in [0.15, 0.2) is 60.9 Å². The molecule has 0 spiro atoms. The van der Waals surface area contributed by atoms with Crippen molar-refractivity contribution in [3.05, 3.63) is 72.3 Å². The van der Waals surface area contributed by atoms with Crippen LogP contribution >= 0.6 is 0 Å². The maximum absolute atomic E-state index is 15.4. The van der Waals surface area contributed by atoms with Crippen LogP contribution < -0.4 is 0 Å². The van der Waals surface area contributed by atoms with E-state index in [1.807, 2.05) is 30.3 Å². The van der Waals surface area contributed by atoms with Crippen LogP contribution in [-0.4, -0.2) is 24.5 Å². The van der Waals surface area contributed by atoms with Gasteiger partial charge in [-0.15, -0.1) is 0 Å². The van der Waals surface area contributed by atoms with Crippen LogP contribution in [0.3, 0.4) is 0 Å². The van der Waals surface area contributed by atoms with Crippen molar-refractivity contribution in [2.75, 3.05) is 0 Å². The number of hydrogen-bond acceptors (Lipinski definition) is 2. The second-order valence-electron chi connectivity index (χ2n) is 6.33. The van der Waals surface area contributed by atoms with Crippen LogP contribution in [0.1, 0.15) is 5.56 Å². The average molecular weight is 445 g/mol. The molecule has 0 saturated carbocycles. The summed E-state index contributed by atoms with van der Waals surface area (Å²) in [5, 5.41) is 0.539. The molecule has 0 aliphatic heterocycles. The molecule has 2 nitrogen and oxygen atoms in total. The van der Waals surface area contributed by atoms with Crippen molar-refractivity contribution < 1.29 is 17.6 Å². The monoisotopic (exact) mass is 446 g/mol. The quantitative estimate of drug-likeness (QED) is 0.185. The Bertz CT molecular complexity index is 1340. The minimum absolute atomic E-state index is 0.0815. The fourth-order valence-electron chi connectivity index (χ4n) is 3.51. The molecule has 5 rings (SSSR count). The Hall–Kier alpha value is -2.76. The van der Waals surface area contributed by atoms with E-state index in [-0.39, 0.29) is 36.4 Å². The first-order valence-corrected chi connectivity index (χ1v) is 10.1. The Labute approximate surface area is 162 Å². The van der Waals surface area contributed by atoms with Gasteiger partial charge in [-0.25, -0.2) is 0 Å². The summed E-state index contributed by atoms with van der Waals surface area (Å²) < 4.78 is 59.0. The molecule has 138 valence electrons. The Morgan fingerprint density at radius 3 is 2.32 bits per heavy atom. The number of benzene rings is 3. The number of hydrogen-bond donors (Lipinski definition) is 0. The molecule has 0 radical (unpaired) electrons. The molecule has 0 unspecified atom stereocenters. The second kappa shape index (κ2) is 6.12. The summed E-state index contributed by atoms with van der Waals surface area (Å²) in [6, 6.07) is 15.2. The molecule has 0 fully saturated rings. The molecule has 28 heavy (non-hydrogen) atoms. The minimum atomic E-state index is -4.67. The molecule has 2 aromatic heterocycles. The summed E-state index contributed by atoms with van der Waals surface area (Å²) in [5.74, 6) is -0.721. The van der Waals surface area contributed by atoms with E-state index in [9.17, 15) is 13.2 Å². The van der Waals surface area contributed by atoms with E-state index in [4.69, 9.17) is 0 Å². The summed E-state index contributed by atoms with van der Waals surface area (Å²) in [7, 11) is 0. The van der Waals surface area contributed by atoms with Crippen LogP contribution in [0.25, 0.3) is 41.5 Å². The zero-order valence-electron chi connectivity index (χ0n) is 14.1. The van der Waals surface area contributed by atoms with Gasteiger partial charge in [-0.05, 0) is 0 Å². The molecule has 0 N–H and O–H groups in total. The predicted molar refractivity (Wildman–Crippen MR) is 102 cm³/mol. The van der Waals surface area contributed by atoms with E-state index in [1.165, 1.54) is 24.3 Å². The third kappa shape index (κ3) is 2.54. The molecule has 0 aliphatic rings. The van der Waals surface area contributed by atoms with Crippen LogP contribution in [0.4, 0.5) is 17.6 Å². The second-order valence-corrected chi connectivity index (χ2v) is 8.60. The molecule has 0 bridgehead atoms. The van der Waals surface area contributed by atoms with Gasteiger partial charge >= 0.3 is 162 Å². The molecule has 5 aromatic rings. The third-order valence-electron chi connectivity index (χ3n) is 4.68. The van der Waals surface area contributed by atoms with Crippen LogP contribution in [0, 0.1) is 5.82 Å². The van der Waals surface area contributed by atoms with Gasteiger partial charge in [-0.3, -0.25) is 0 Å². The van der Waals surface area contributed by atoms with E-state index in [0.29, 0.717) is 0 Å².